The van der Waals surface area contributed by atoms with E-state index in [2.05, 4.69) is 52.3 Å². The first-order valence-corrected chi connectivity index (χ1v) is 21.1. The first-order valence-electron chi connectivity index (χ1n) is 20.1. The molecule has 61 heavy (non-hydrogen) atoms. The third kappa shape index (κ3) is 10.3. The van der Waals surface area contributed by atoms with Gasteiger partial charge in [0.15, 0.2) is 5.78 Å². The minimum Gasteiger partial charge on any atom is -0.444 e. The molecule has 7 aromatic rings. The molecule has 0 unspecified atom stereocenters. The van der Waals surface area contributed by atoms with Gasteiger partial charge in [-0.25, -0.2) is 4.79 Å². The third-order valence-electron chi connectivity index (χ3n) is 10.1. The molecule has 0 saturated heterocycles. The number of nitrogens with one attached hydrogen (secondary N) is 3. The van der Waals surface area contributed by atoms with Crippen molar-refractivity contribution in [3.05, 3.63) is 215 Å². The summed E-state index contributed by atoms with van der Waals surface area (Å²) in [6.45, 7) is 5.28. The van der Waals surface area contributed by atoms with Crippen LogP contribution < -0.4 is 16.0 Å². The zero-order chi connectivity index (χ0) is 42.8. The standard InChI is InChI=1S/C52H47N3O5S/c1-51(2,3)60-50(59)55-46(35-61-52(39-24-10-5-11-25-39,40-26-12-6-13-27-40)41-28-14-7-15-29-41)49(58)53-42-31-32-45(44(34-42)48(57)37-20-8-4-9-21-37)54-47(56)33-38-23-18-22-36-19-16-17-30-43(36)38/h4-32,34,46H,33,35H2,1-3H3,(H,53,58)(H,54,56)(H,55,59)/t46-/m0/s1. The third-order valence-corrected chi connectivity index (χ3v) is 11.7. The quantitative estimate of drug-likeness (QED) is 0.0743. The summed E-state index contributed by atoms with van der Waals surface area (Å²) in [5.41, 5.74) is 4.23. The molecule has 8 nitrogen and oxygen atoms in total. The van der Waals surface area contributed by atoms with E-state index in [1.165, 1.54) is 11.8 Å². The summed E-state index contributed by atoms with van der Waals surface area (Å²) in [6, 6.07) is 56.4. The molecule has 7 rings (SSSR count). The minimum atomic E-state index is -1.09. The number of fused-ring (bicyclic) bond motifs is 1. The predicted molar refractivity (Wildman–Crippen MR) is 246 cm³/mol. The number of rotatable bonds is 14. The number of ether oxygens (including phenoxy) is 1. The normalized spacial score (nSPS) is 11.9. The van der Waals surface area contributed by atoms with Crippen molar-refractivity contribution >= 4 is 57.6 Å². The smallest absolute Gasteiger partial charge is 0.408 e. The molecule has 1 atom stereocenters. The number of hydrogen-bond acceptors (Lipinski definition) is 6. The van der Waals surface area contributed by atoms with Gasteiger partial charge in [-0.1, -0.05) is 164 Å². The molecule has 0 aromatic heterocycles. The monoisotopic (exact) mass is 825 g/mol. The molecule has 0 aliphatic heterocycles. The Kier molecular flexibility index (Phi) is 13.1. The Morgan fingerprint density at radius 1 is 0.607 bits per heavy atom. The average molecular weight is 826 g/mol. The first kappa shape index (κ1) is 42.2. The Morgan fingerprint density at radius 3 is 1.74 bits per heavy atom. The van der Waals surface area contributed by atoms with E-state index in [9.17, 15) is 19.2 Å². The molecule has 0 spiro atoms. The highest BCUT2D eigenvalue weighted by Crippen LogP contribution is 2.48. The summed E-state index contributed by atoms with van der Waals surface area (Å²) in [5.74, 6) is -1.03. The Labute approximate surface area is 360 Å². The van der Waals surface area contributed by atoms with Gasteiger partial charge in [-0.2, -0.15) is 0 Å². The van der Waals surface area contributed by atoms with Crippen LogP contribution in [0.2, 0.25) is 0 Å². The van der Waals surface area contributed by atoms with Crippen LogP contribution in [0.15, 0.2) is 182 Å². The fourth-order valence-electron chi connectivity index (χ4n) is 7.32. The summed E-state index contributed by atoms with van der Waals surface area (Å²) < 4.78 is 4.87. The predicted octanol–water partition coefficient (Wildman–Crippen LogP) is 10.8. The molecule has 0 heterocycles. The van der Waals surface area contributed by atoms with Crippen LogP contribution in [0.3, 0.4) is 0 Å². The zero-order valence-electron chi connectivity index (χ0n) is 34.3. The van der Waals surface area contributed by atoms with E-state index in [0.717, 1.165) is 33.0 Å². The highest BCUT2D eigenvalue weighted by Gasteiger charge is 2.39. The summed E-state index contributed by atoms with van der Waals surface area (Å²) in [5, 5.41) is 10.8. The van der Waals surface area contributed by atoms with Crippen LogP contribution in [-0.4, -0.2) is 41.1 Å². The van der Waals surface area contributed by atoms with E-state index >= 15 is 0 Å². The summed E-state index contributed by atoms with van der Waals surface area (Å²) >= 11 is 1.52. The van der Waals surface area contributed by atoms with Crippen LogP contribution in [0, 0.1) is 0 Å². The lowest BCUT2D eigenvalue weighted by molar-refractivity contribution is -0.118. The fraction of sp³-hybridized carbons (Fsp3) is 0.154. The Balaban J connectivity index is 1.21. The number of thioether (sulfide) groups is 1. The number of alkyl carbamates (subject to hydrolysis) is 1. The van der Waals surface area contributed by atoms with Crippen molar-refractivity contribution in [1.29, 1.82) is 0 Å². The van der Waals surface area contributed by atoms with Gasteiger partial charge in [-0.05, 0) is 72.0 Å². The highest BCUT2D eigenvalue weighted by molar-refractivity contribution is 8.00. The topological polar surface area (TPSA) is 114 Å². The summed E-state index contributed by atoms with van der Waals surface area (Å²) in [7, 11) is 0. The zero-order valence-corrected chi connectivity index (χ0v) is 35.1. The number of benzene rings is 7. The van der Waals surface area contributed by atoms with E-state index in [0.29, 0.717) is 16.9 Å². The van der Waals surface area contributed by atoms with Crippen molar-refractivity contribution < 1.29 is 23.9 Å². The van der Waals surface area contributed by atoms with Gasteiger partial charge in [-0.3, -0.25) is 14.4 Å². The molecule has 0 aliphatic carbocycles. The van der Waals surface area contributed by atoms with Crippen LogP contribution >= 0.6 is 11.8 Å². The maximum absolute atomic E-state index is 14.5. The lowest BCUT2D eigenvalue weighted by atomic mass is 9.84. The Bertz CT molecular complexity index is 2530. The van der Waals surface area contributed by atoms with Crippen molar-refractivity contribution in [2.24, 2.45) is 0 Å². The molecule has 306 valence electrons. The van der Waals surface area contributed by atoms with E-state index in [-0.39, 0.29) is 29.4 Å². The molecule has 3 N–H and O–H groups in total. The molecule has 3 amide bonds. The molecule has 0 fully saturated rings. The van der Waals surface area contributed by atoms with Gasteiger partial charge in [0.05, 0.1) is 16.9 Å². The van der Waals surface area contributed by atoms with Crippen LogP contribution in [0.25, 0.3) is 10.8 Å². The molecular formula is C52H47N3O5S. The molecule has 0 saturated carbocycles. The maximum Gasteiger partial charge on any atom is 0.408 e. The van der Waals surface area contributed by atoms with E-state index in [4.69, 9.17) is 4.74 Å². The second kappa shape index (κ2) is 19.0. The lowest BCUT2D eigenvalue weighted by Gasteiger charge is -2.36. The molecule has 0 aliphatic rings. The van der Waals surface area contributed by atoms with E-state index in [1.54, 1.807) is 63.2 Å². The number of hydrogen-bond donors (Lipinski definition) is 3. The second-order valence-electron chi connectivity index (χ2n) is 15.6. The van der Waals surface area contributed by atoms with Gasteiger partial charge in [0.2, 0.25) is 11.8 Å². The van der Waals surface area contributed by atoms with Crippen LogP contribution in [0.4, 0.5) is 16.2 Å². The van der Waals surface area contributed by atoms with Gasteiger partial charge in [0.1, 0.15) is 11.6 Å². The Hall–Kier alpha value is -6.97. The number of amides is 3. The van der Waals surface area contributed by atoms with Crippen molar-refractivity contribution in [1.82, 2.24) is 5.32 Å². The van der Waals surface area contributed by atoms with Gasteiger partial charge >= 0.3 is 6.09 Å². The van der Waals surface area contributed by atoms with Crippen molar-refractivity contribution in [3.8, 4) is 0 Å². The number of carbonyl (C=O) groups excluding carboxylic acids is 4. The second-order valence-corrected chi connectivity index (χ2v) is 16.8. The minimum absolute atomic E-state index is 0.0882. The van der Waals surface area contributed by atoms with Gasteiger partial charge < -0.3 is 20.7 Å². The van der Waals surface area contributed by atoms with Gasteiger partial charge in [-0.15, -0.1) is 11.8 Å². The van der Waals surface area contributed by atoms with Crippen LogP contribution in [0.1, 0.15) is 58.9 Å². The highest BCUT2D eigenvalue weighted by atomic mass is 32.2. The number of carbonyl (C=O) groups is 4. The Morgan fingerprint density at radius 2 is 1.15 bits per heavy atom. The SMILES string of the molecule is CC(C)(C)OC(=O)N[C@@H](CSC(c1ccccc1)(c1ccccc1)c1ccccc1)C(=O)Nc1ccc(NC(=O)Cc2cccc3ccccc23)c(C(=O)c2ccccc2)c1. The largest absolute Gasteiger partial charge is 0.444 e. The molecular weight excluding hydrogens is 779 g/mol. The fourth-order valence-corrected chi connectivity index (χ4v) is 8.88. The molecule has 0 bridgehead atoms. The molecule has 0 radical (unpaired) electrons. The number of ketones is 1. The van der Waals surface area contributed by atoms with Gasteiger partial charge in [0, 0.05) is 22.6 Å². The summed E-state index contributed by atoms with van der Waals surface area (Å²) in [4.78, 5) is 55.6. The van der Waals surface area contributed by atoms with Gasteiger partial charge in [0.25, 0.3) is 0 Å². The number of anilines is 2. The molecule has 7 aromatic carbocycles. The average Bonchev–Trinajstić information content (AvgIpc) is 3.27. The first-order chi connectivity index (χ1) is 29.5. The lowest BCUT2D eigenvalue weighted by Crippen LogP contribution is -2.48. The maximum atomic E-state index is 14.5. The van der Waals surface area contributed by atoms with E-state index < -0.39 is 28.4 Å². The van der Waals surface area contributed by atoms with E-state index in [1.807, 2.05) is 103 Å². The molecule has 9 heteroatoms. The summed E-state index contributed by atoms with van der Waals surface area (Å²) in [6.07, 6.45) is -0.660. The van der Waals surface area contributed by atoms with Crippen LogP contribution in [-0.2, 0) is 25.5 Å². The van der Waals surface area contributed by atoms with Crippen LogP contribution in [0.5, 0.6) is 0 Å². The van der Waals surface area contributed by atoms with Crippen molar-refractivity contribution in [2.75, 3.05) is 16.4 Å². The van der Waals surface area contributed by atoms with Crippen molar-refractivity contribution in [2.45, 2.75) is 43.6 Å². The van der Waals surface area contributed by atoms with Crippen molar-refractivity contribution in [3.63, 3.8) is 0 Å².